The van der Waals surface area contributed by atoms with Crippen molar-refractivity contribution in [1.29, 1.82) is 0 Å². The molecule has 94 valence electrons. The molecule has 0 aromatic rings. The average Bonchev–Trinajstić information content (AvgIpc) is 2.43. The lowest BCUT2D eigenvalue weighted by atomic mass is 9.99. The molecule has 0 bridgehead atoms. The highest BCUT2D eigenvalue weighted by atomic mass is 16.5. The molecule has 2 atom stereocenters. The second-order valence-corrected chi connectivity index (χ2v) is 5.40. The van der Waals surface area contributed by atoms with E-state index < -0.39 is 0 Å². The predicted octanol–water partition coefficient (Wildman–Crippen LogP) is 1.98. The van der Waals surface area contributed by atoms with Gasteiger partial charge in [0.2, 0.25) is 0 Å². The molecular formula is C13H26N2O. The molecule has 0 aromatic carbocycles. The van der Waals surface area contributed by atoms with Gasteiger partial charge in [-0.2, -0.15) is 0 Å². The van der Waals surface area contributed by atoms with E-state index in [-0.39, 0.29) is 5.72 Å². The number of hydrogen-bond acceptors (Lipinski definition) is 3. The van der Waals surface area contributed by atoms with Gasteiger partial charge in [0.15, 0.2) is 0 Å². The van der Waals surface area contributed by atoms with E-state index in [0.29, 0.717) is 6.10 Å². The van der Waals surface area contributed by atoms with Gasteiger partial charge < -0.3 is 9.64 Å². The van der Waals surface area contributed by atoms with Crippen LogP contribution in [0.5, 0.6) is 0 Å². The zero-order chi connectivity index (χ0) is 11.4. The number of hydrogen-bond donors (Lipinski definition) is 1. The first-order valence-electron chi connectivity index (χ1n) is 6.85. The van der Waals surface area contributed by atoms with Gasteiger partial charge in [-0.25, -0.2) is 0 Å². The third-order valence-electron chi connectivity index (χ3n) is 3.93. The monoisotopic (exact) mass is 226 g/mol. The van der Waals surface area contributed by atoms with Crippen LogP contribution in [0.3, 0.4) is 0 Å². The van der Waals surface area contributed by atoms with E-state index in [1.807, 2.05) is 0 Å². The van der Waals surface area contributed by atoms with E-state index in [4.69, 9.17) is 4.74 Å². The molecule has 0 aliphatic carbocycles. The van der Waals surface area contributed by atoms with Crippen LogP contribution < -0.4 is 5.32 Å². The summed E-state index contributed by atoms with van der Waals surface area (Å²) in [4.78, 5) is 2.42. The number of nitrogens with one attached hydrogen (secondary N) is 1. The second kappa shape index (κ2) is 5.48. The summed E-state index contributed by atoms with van der Waals surface area (Å²) in [7, 11) is 2.21. The van der Waals surface area contributed by atoms with E-state index in [2.05, 4.69) is 24.2 Å². The summed E-state index contributed by atoms with van der Waals surface area (Å²) in [5.41, 5.74) is 0.00282. The summed E-state index contributed by atoms with van der Waals surface area (Å²) in [6, 6.07) is 0. The van der Waals surface area contributed by atoms with Crippen molar-refractivity contribution in [2.24, 2.45) is 0 Å². The largest absolute Gasteiger partial charge is 0.357 e. The Kier molecular flexibility index (Phi) is 4.22. The molecule has 0 amide bonds. The summed E-state index contributed by atoms with van der Waals surface area (Å²) in [5.74, 6) is 0. The molecule has 2 fully saturated rings. The van der Waals surface area contributed by atoms with E-state index in [0.717, 1.165) is 19.5 Å². The van der Waals surface area contributed by atoms with Gasteiger partial charge in [0.1, 0.15) is 5.72 Å². The summed E-state index contributed by atoms with van der Waals surface area (Å²) in [6.45, 7) is 5.75. The lowest BCUT2D eigenvalue weighted by Crippen LogP contribution is -2.55. The Morgan fingerprint density at radius 3 is 3.06 bits per heavy atom. The van der Waals surface area contributed by atoms with Crippen molar-refractivity contribution >= 4 is 0 Å². The van der Waals surface area contributed by atoms with Crippen LogP contribution in [0.4, 0.5) is 0 Å². The molecule has 16 heavy (non-hydrogen) atoms. The first-order valence-corrected chi connectivity index (χ1v) is 6.85. The van der Waals surface area contributed by atoms with Crippen molar-refractivity contribution in [3.8, 4) is 0 Å². The minimum atomic E-state index is 0.00282. The fourth-order valence-electron chi connectivity index (χ4n) is 2.94. The zero-order valence-corrected chi connectivity index (χ0v) is 10.8. The fraction of sp³-hybridized carbons (Fsp3) is 1.00. The topological polar surface area (TPSA) is 24.5 Å². The average molecular weight is 226 g/mol. The van der Waals surface area contributed by atoms with Gasteiger partial charge in [0, 0.05) is 19.5 Å². The van der Waals surface area contributed by atoms with Gasteiger partial charge in [-0.05, 0) is 39.3 Å². The van der Waals surface area contributed by atoms with Crippen molar-refractivity contribution < 1.29 is 4.74 Å². The van der Waals surface area contributed by atoms with Gasteiger partial charge in [-0.3, -0.25) is 5.32 Å². The third kappa shape index (κ3) is 2.96. The third-order valence-corrected chi connectivity index (χ3v) is 3.93. The zero-order valence-electron chi connectivity index (χ0n) is 10.8. The van der Waals surface area contributed by atoms with E-state index in [1.54, 1.807) is 0 Å². The SMILES string of the molecule is CCCC1CCNC2(CCCN(C)CC2)O1. The Morgan fingerprint density at radius 2 is 2.25 bits per heavy atom. The summed E-state index contributed by atoms with van der Waals surface area (Å²) < 4.78 is 6.35. The molecule has 3 nitrogen and oxygen atoms in total. The minimum Gasteiger partial charge on any atom is -0.357 e. The highest BCUT2D eigenvalue weighted by Gasteiger charge is 2.37. The Hall–Kier alpha value is -0.120. The molecule has 0 aromatic heterocycles. The highest BCUT2D eigenvalue weighted by molar-refractivity contribution is 4.87. The predicted molar refractivity (Wildman–Crippen MR) is 66.5 cm³/mol. The molecular weight excluding hydrogens is 200 g/mol. The van der Waals surface area contributed by atoms with Gasteiger partial charge in [0.05, 0.1) is 6.10 Å². The molecule has 1 spiro atoms. The minimum absolute atomic E-state index is 0.00282. The van der Waals surface area contributed by atoms with Crippen LogP contribution >= 0.6 is 0 Å². The van der Waals surface area contributed by atoms with Gasteiger partial charge in [0.25, 0.3) is 0 Å². The highest BCUT2D eigenvalue weighted by Crippen LogP contribution is 2.29. The molecule has 2 heterocycles. The van der Waals surface area contributed by atoms with Crippen LogP contribution in [0.2, 0.25) is 0 Å². The van der Waals surface area contributed by atoms with Crippen LogP contribution in [0, 0.1) is 0 Å². The van der Waals surface area contributed by atoms with E-state index >= 15 is 0 Å². The molecule has 2 saturated heterocycles. The van der Waals surface area contributed by atoms with Gasteiger partial charge in [-0.1, -0.05) is 13.3 Å². The van der Waals surface area contributed by atoms with E-state index in [1.165, 1.54) is 38.6 Å². The van der Waals surface area contributed by atoms with Crippen molar-refractivity contribution in [3.63, 3.8) is 0 Å². The number of rotatable bonds is 2. The van der Waals surface area contributed by atoms with Crippen LogP contribution in [0.25, 0.3) is 0 Å². The number of likely N-dealkylation sites (tertiary alicyclic amines) is 1. The molecule has 0 saturated carbocycles. The quantitative estimate of drug-likeness (QED) is 0.779. The molecule has 2 aliphatic heterocycles. The van der Waals surface area contributed by atoms with Crippen LogP contribution in [0.1, 0.15) is 45.4 Å². The van der Waals surface area contributed by atoms with Crippen molar-refractivity contribution in [2.75, 3.05) is 26.7 Å². The summed E-state index contributed by atoms with van der Waals surface area (Å²) >= 11 is 0. The fourth-order valence-corrected chi connectivity index (χ4v) is 2.94. The molecule has 0 radical (unpaired) electrons. The van der Waals surface area contributed by atoms with Crippen molar-refractivity contribution in [3.05, 3.63) is 0 Å². The smallest absolute Gasteiger partial charge is 0.120 e. The molecule has 3 heteroatoms. The first-order chi connectivity index (χ1) is 7.74. The summed E-state index contributed by atoms with van der Waals surface area (Å²) in [5, 5.41) is 3.63. The maximum absolute atomic E-state index is 6.35. The number of ether oxygens (including phenoxy) is 1. The Labute approximate surface area is 99.5 Å². The standard InChI is InChI=1S/C13H26N2O/c1-3-5-12-6-9-14-13(16-12)7-4-10-15(2)11-8-13/h12,14H,3-11H2,1-2H3. The van der Waals surface area contributed by atoms with Crippen molar-refractivity contribution in [2.45, 2.75) is 57.3 Å². The Bertz CT molecular complexity index is 220. The summed E-state index contributed by atoms with van der Waals surface area (Å²) in [6.07, 6.45) is 7.71. The Balaban J connectivity index is 1.94. The van der Waals surface area contributed by atoms with Crippen LogP contribution in [-0.4, -0.2) is 43.4 Å². The lowest BCUT2D eigenvalue weighted by molar-refractivity contribution is -0.150. The normalized spacial score (nSPS) is 37.5. The van der Waals surface area contributed by atoms with E-state index in [9.17, 15) is 0 Å². The lowest BCUT2D eigenvalue weighted by Gasteiger charge is -2.42. The van der Waals surface area contributed by atoms with Crippen molar-refractivity contribution in [1.82, 2.24) is 10.2 Å². The Morgan fingerprint density at radius 1 is 1.38 bits per heavy atom. The second-order valence-electron chi connectivity index (χ2n) is 5.40. The first kappa shape index (κ1) is 12.3. The van der Waals surface area contributed by atoms with Gasteiger partial charge in [-0.15, -0.1) is 0 Å². The maximum Gasteiger partial charge on any atom is 0.120 e. The van der Waals surface area contributed by atoms with Crippen LogP contribution in [0.15, 0.2) is 0 Å². The molecule has 2 rings (SSSR count). The van der Waals surface area contributed by atoms with Gasteiger partial charge >= 0.3 is 0 Å². The maximum atomic E-state index is 6.35. The molecule has 2 aliphatic rings. The molecule has 2 unspecified atom stereocenters. The molecule has 1 N–H and O–H groups in total. The van der Waals surface area contributed by atoms with Crippen LogP contribution in [-0.2, 0) is 4.74 Å². The number of nitrogens with zero attached hydrogens (tertiary/aromatic N) is 1.